The topological polar surface area (TPSA) is 72.2 Å². The van der Waals surface area contributed by atoms with Gasteiger partial charge in [0.25, 0.3) is 10.0 Å². The molecule has 0 amide bonds. The first-order valence-electron chi connectivity index (χ1n) is 7.51. The molecule has 5 nitrogen and oxygen atoms in total. The van der Waals surface area contributed by atoms with Gasteiger partial charge in [-0.05, 0) is 57.5 Å². The summed E-state index contributed by atoms with van der Waals surface area (Å²) in [6.07, 6.45) is 0. The van der Waals surface area contributed by atoms with E-state index in [-0.39, 0.29) is 4.90 Å². The lowest BCUT2D eigenvalue weighted by molar-refractivity contribution is 0.427. The van der Waals surface area contributed by atoms with Crippen LogP contribution in [0.5, 0.6) is 0 Å². The Hall–Kier alpha value is -1.83. The number of thiophene rings is 1. The number of aromatic nitrogens is 1. The molecule has 0 aliphatic heterocycles. The van der Waals surface area contributed by atoms with Crippen LogP contribution in [0.3, 0.4) is 0 Å². The Balaban J connectivity index is 1.99. The summed E-state index contributed by atoms with van der Waals surface area (Å²) in [5, 5.41) is 4.50. The Morgan fingerprint density at radius 3 is 2.48 bits per heavy atom. The summed E-state index contributed by atoms with van der Waals surface area (Å²) in [5.41, 5.74) is 2.96. The summed E-state index contributed by atoms with van der Waals surface area (Å²) in [4.78, 5) is 1.65. The van der Waals surface area contributed by atoms with Gasteiger partial charge >= 0.3 is 0 Å². The first-order valence-corrected chi connectivity index (χ1v) is 10.2. The van der Waals surface area contributed by atoms with Crippen LogP contribution in [-0.2, 0) is 10.0 Å². The fourth-order valence-corrected chi connectivity index (χ4v) is 5.42. The molecule has 1 N–H and O–H groups in total. The Morgan fingerprint density at radius 2 is 1.88 bits per heavy atom. The third-order valence-electron chi connectivity index (χ3n) is 3.98. The second-order valence-electron chi connectivity index (χ2n) is 5.82. The highest BCUT2D eigenvalue weighted by molar-refractivity contribution is 7.93. The van der Waals surface area contributed by atoms with E-state index in [1.54, 1.807) is 38.1 Å². The number of halogens is 1. The minimum absolute atomic E-state index is 0.232. The van der Waals surface area contributed by atoms with Gasteiger partial charge in [-0.25, -0.2) is 8.42 Å². The molecule has 2 heterocycles. The number of rotatable bonds is 4. The molecular weight excluding hydrogens is 380 g/mol. The predicted octanol–water partition coefficient (Wildman–Crippen LogP) is 5.09. The quantitative estimate of drug-likeness (QED) is 0.666. The molecule has 25 heavy (non-hydrogen) atoms. The van der Waals surface area contributed by atoms with Gasteiger partial charge in [-0.1, -0.05) is 16.8 Å². The Bertz CT molecular complexity index is 1050. The summed E-state index contributed by atoms with van der Waals surface area (Å²) >= 11 is 7.29. The number of aryl methyl sites for hydroxylation is 3. The van der Waals surface area contributed by atoms with Crippen molar-refractivity contribution >= 4 is 38.6 Å². The van der Waals surface area contributed by atoms with Crippen molar-refractivity contribution in [1.82, 2.24) is 5.16 Å². The van der Waals surface area contributed by atoms with Crippen LogP contribution in [0.2, 0.25) is 5.02 Å². The molecule has 0 atom stereocenters. The third-order valence-corrected chi connectivity index (χ3v) is 6.88. The van der Waals surface area contributed by atoms with Crippen LogP contribution in [-0.4, -0.2) is 13.6 Å². The van der Waals surface area contributed by atoms with Crippen molar-refractivity contribution in [1.29, 1.82) is 0 Å². The van der Waals surface area contributed by atoms with Crippen molar-refractivity contribution < 1.29 is 12.9 Å². The summed E-state index contributed by atoms with van der Waals surface area (Å²) in [5.74, 6) is 0.606. The SMILES string of the molecule is Cc1cc(Cl)ccc1NS(=O)(=O)c1cc(-c2onc(C)c2C)sc1C. The van der Waals surface area contributed by atoms with E-state index in [0.29, 0.717) is 21.3 Å². The highest BCUT2D eigenvalue weighted by Gasteiger charge is 2.23. The zero-order chi connectivity index (χ0) is 18.4. The normalized spacial score (nSPS) is 11.7. The van der Waals surface area contributed by atoms with Gasteiger partial charge in [0.05, 0.1) is 16.3 Å². The maximum absolute atomic E-state index is 12.8. The monoisotopic (exact) mass is 396 g/mol. The van der Waals surface area contributed by atoms with E-state index in [9.17, 15) is 8.42 Å². The predicted molar refractivity (Wildman–Crippen MR) is 101 cm³/mol. The van der Waals surface area contributed by atoms with Gasteiger partial charge in [0, 0.05) is 15.5 Å². The van der Waals surface area contributed by atoms with Crippen LogP contribution in [0, 0.1) is 27.7 Å². The molecular formula is C17H17ClN2O3S2. The number of benzene rings is 1. The zero-order valence-electron chi connectivity index (χ0n) is 14.2. The molecule has 0 aliphatic carbocycles. The van der Waals surface area contributed by atoms with E-state index in [4.69, 9.17) is 16.1 Å². The average Bonchev–Trinajstić information content (AvgIpc) is 3.06. The third kappa shape index (κ3) is 3.44. The maximum Gasteiger partial charge on any atom is 0.263 e. The highest BCUT2D eigenvalue weighted by atomic mass is 35.5. The van der Waals surface area contributed by atoms with E-state index in [1.807, 2.05) is 13.8 Å². The van der Waals surface area contributed by atoms with Crippen LogP contribution in [0.1, 0.15) is 21.7 Å². The van der Waals surface area contributed by atoms with Gasteiger partial charge in [-0.2, -0.15) is 0 Å². The van der Waals surface area contributed by atoms with Gasteiger partial charge in [0.2, 0.25) is 0 Å². The van der Waals surface area contributed by atoms with Crippen LogP contribution in [0.4, 0.5) is 5.69 Å². The molecule has 0 fully saturated rings. The molecule has 0 saturated carbocycles. The molecule has 3 rings (SSSR count). The Kier molecular flexibility index (Phi) is 4.66. The second kappa shape index (κ2) is 6.48. The van der Waals surface area contributed by atoms with Crippen molar-refractivity contribution in [2.75, 3.05) is 4.72 Å². The van der Waals surface area contributed by atoms with Crippen LogP contribution in [0.25, 0.3) is 10.6 Å². The fraction of sp³-hybridized carbons (Fsp3) is 0.235. The van der Waals surface area contributed by atoms with Gasteiger partial charge in [-0.15, -0.1) is 11.3 Å². The molecule has 0 aliphatic rings. The minimum atomic E-state index is -3.72. The van der Waals surface area contributed by atoms with Crippen LogP contribution >= 0.6 is 22.9 Å². The van der Waals surface area contributed by atoms with E-state index >= 15 is 0 Å². The van der Waals surface area contributed by atoms with Gasteiger partial charge in [-0.3, -0.25) is 4.72 Å². The number of sulfonamides is 1. The molecule has 0 saturated heterocycles. The maximum atomic E-state index is 12.8. The lowest BCUT2D eigenvalue weighted by Crippen LogP contribution is -2.13. The molecule has 1 aromatic carbocycles. The van der Waals surface area contributed by atoms with Crippen molar-refractivity contribution in [2.45, 2.75) is 32.6 Å². The largest absolute Gasteiger partial charge is 0.355 e. The Labute approximate surface area is 155 Å². The number of nitrogens with zero attached hydrogens (tertiary/aromatic N) is 1. The number of nitrogens with one attached hydrogen (secondary N) is 1. The molecule has 0 bridgehead atoms. The molecule has 132 valence electrons. The van der Waals surface area contributed by atoms with E-state index < -0.39 is 10.0 Å². The zero-order valence-corrected chi connectivity index (χ0v) is 16.6. The minimum Gasteiger partial charge on any atom is -0.355 e. The lowest BCUT2D eigenvalue weighted by Gasteiger charge is -2.10. The first kappa shape index (κ1) is 18.0. The number of hydrogen-bond donors (Lipinski definition) is 1. The number of anilines is 1. The van der Waals surface area contributed by atoms with Gasteiger partial charge in [0.1, 0.15) is 4.90 Å². The molecule has 2 aromatic heterocycles. The van der Waals surface area contributed by atoms with E-state index in [1.165, 1.54) is 11.3 Å². The van der Waals surface area contributed by atoms with Gasteiger partial charge < -0.3 is 4.52 Å². The van der Waals surface area contributed by atoms with Crippen molar-refractivity contribution in [3.63, 3.8) is 0 Å². The van der Waals surface area contributed by atoms with Crippen LogP contribution < -0.4 is 4.72 Å². The van der Waals surface area contributed by atoms with E-state index in [0.717, 1.165) is 21.7 Å². The van der Waals surface area contributed by atoms with Crippen molar-refractivity contribution in [3.8, 4) is 10.6 Å². The lowest BCUT2D eigenvalue weighted by atomic mass is 10.2. The standard InChI is InChI=1S/C17H17ClN2O3S2/c1-9-7-13(18)5-6-14(9)20-25(21,22)16-8-15(24-12(16)4)17-10(2)11(3)19-23-17/h5-8,20H,1-4H3. The van der Waals surface area contributed by atoms with Crippen LogP contribution in [0.15, 0.2) is 33.7 Å². The molecule has 3 aromatic rings. The molecule has 0 radical (unpaired) electrons. The van der Waals surface area contributed by atoms with E-state index in [2.05, 4.69) is 9.88 Å². The summed E-state index contributed by atoms with van der Waals surface area (Å²) in [6.45, 7) is 7.33. The molecule has 0 unspecified atom stereocenters. The first-order chi connectivity index (χ1) is 11.7. The number of hydrogen-bond acceptors (Lipinski definition) is 5. The van der Waals surface area contributed by atoms with Crippen molar-refractivity contribution in [3.05, 3.63) is 51.0 Å². The molecule has 0 spiro atoms. The highest BCUT2D eigenvalue weighted by Crippen LogP contribution is 2.36. The fourth-order valence-electron chi connectivity index (χ4n) is 2.43. The Morgan fingerprint density at radius 1 is 1.16 bits per heavy atom. The summed E-state index contributed by atoms with van der Waals surface area (Å²) in [6, 6.07) is 6.65. The van der Waals surface area contributed by atoms with Gasteiger partial charge in [0.15, 0.2) is 5.76 Å². The second-order valence-corrected chi connectivity index (χ2v) is 9.16. The van der Waals surface area contributed by atoms with Crippen molar-refractivity contribution in [2.24, 2.45) is 0 Å². The average molecular weight is 397 g/mol. The summed E-state index contributed by atoms with van der Waals surface area (Å²) in [7, 11) is -3.72. The molecule has 8 heteroatoms. The summed E-state index contributed by atoms with van der Waals surface area (Å²) < 4.78 is 33.6. The smallest absolute Gasteiger partial charge is 0.263 e.